The average Bonchev–Trinajstić information content (AvgIpc) is 2.87. The lowest BCUT2D eigenvalue weighted by Gasteiger charge is -2.22. The van der Waals surface area contributed by atoms with Gasteiger partial charge in [0.2, 0.25) is 5.91 Å². The van der Waals surface area contributed by atoms with Gasteiger partial charge in [-0.05, 0) is 23.8 Å². The maximum absolute atomic E-state index is 13.5. The van der Waals surface area contributed by atoms with Crippen LogP contribution < -0.4 is 5.32 Å². The summed E-state index contributed by atoms with van der Waals surface area (Å²) in [6, 6.07) is 31.0. The molecule has 4 aromatic rings. The number of thioether (sulfide) groups is 1. The molecule has 1 atom stereocenters. The van der Waals surface area contributed by atoms with Gasteiger partial charge in [0.05, 0.1) is 11.3 Å². The third-order valence-electron chi connectivity index (χ3n) is 5.55. The predicted molar refractivity (Wildman–Crippen MR) is 130 cm³/mol. The fraction of sp³-hybridized carbons (Fsp3) is 0.0357. The molecule has 0 radical (unpaired) electrons. The van der Waals surface area contributed by atoms with Crippen molar-refractivity contribution in [3.8, 4) is 0 Å². The van der Waals surface area contributed by atoms with E-state index in [1.807, 2.05) is 60.7 Å². The number of hydrogen-bond donors (Lipinski definition) is 1. The van der Waals surface area contributed by atoms with Crippen molar-refractivity contribution in [3.05, 3.63) is 131 Å². The minimum atomic E-state index is -0.536. The second-order valence-corrected chi connectivity index (χ2v) is 8.82. The van der Waals surface area contributed by atoms with Crippen LogP contribution in [0.2, 0.25) is 0 Å². The normalized spacial score (nSPS) is 13.1. The van der Waals surface area contributed by atoms with Gasteiger partial charge in [0.1, 0.15) is 5.25 Å². The Kier molecular flexibility index (Phi) is 5.63. The third-order valence-corrected chi connectivity index (χ3v) is 6.81. The van der Waals surface area contributed by atoms with E-state index >= 15 is 0 Å². The second-order valence-electron chi connectivity index (χ2n) is 7.64. The molecule has 160 valence electrons. The Bertz CT molecular complexity index is 1370. The van der Waals surface area contributed by atoms with Gasteiger partial charge in [-0.25, -0.2) is 0 Å². The van der Waals surface area contributed by atoms with Gasteiger partial charge in [-0.15, -0.1) is 11.8 Å². The molecule has 0 spiro atoms. The van der Waals surface area contributed by atoms with Gasteiger partial charge in [0.25, 0.3) is 0 Å². The molecule has 5 heteroatoms. The van der Waals surface area contributed by atoms with Crippen LogP contribution in [-0.2, 0) is 4.79 Å². The van der Waals surface area contributed by atoms with Gasteiger partial charge in [-0.3, -0.25) is 14.4 Å². The fourth-order valence-electron chi connectivity index (χ4n) is 3.98. The van der Waals surface area contributed by atoms with Crippen molar-refractivity contribution >= 4 is 34.9 Å². The summed E-state index contributed by atoms with van der Waals surface area (Å²) in [6.45, 7) is 0. The van der Waals surface area contributed by atoms with Crippen molar-refractivity contribution in [1.29, 1.82) is 0 Å². The molecule has 0 aromatic heterocycles. The maximum Gasteiger partial charge on any atom is 0.242 e. The molecule has 4 aromatic carbocycles. The summed E-state index contributed by atoms with van der Waals surface area (Å²) >= 11 is 1.43. The number of nitrogens with one attached hydrogen (secondary N) is 1. The third kappa shape index (κ3) is 3.99. The van der Waals surface area contributed by atoms with E-state index in [-0.39, 0.29) is 23.0 Å². The number of carbonyl (C=O) groups excluding carboxylic acids is 3. The number of amides is 1. The summed E-state index contributed by atoms with van der Waals surface area (Å²) in [7, 11) is 0. The van der Waals surface area contributed by atoms with Gasteiger partial charge in [0, 0.05) is 21.6 Å². The van der Waals surface area contributed by atoms with Gasteiger partial charge >= 0.3 is 0 Å². The van der Waals surface area contributed by atoms with Crippen molar-refractivity contribution in [2.75, 3.05) is 5.32 Å². The Hall–Kier alpha value is -3.96. The van der Waals surface area contributed by atoms with Crippen LogP contribution in [-0.4, -0.2) is 17.5 Å². The Balaban J connectivity index is 1.51. The average molecular weight is 450 g/mol. The highest BCUT2D eigenvalue weighted by atomic mass is 32.2. The van der Waals surface area contributed by atoms with E-state index in [2.05, 4.69) is 5.32 Å². The smallest absolute Gasteiger partial charge is 0.242 e. The first kappa shape index (κ1) is 20.9. The van der Waals surface area contributed by atoms with Crippen molar-refractivity contribution in [2.24, 2.45) is 0 Å². The summed E-state index contributed by atoms with van der Waals surface area (Å²) in [5.41, 5.74) is 2.49. The van der Waals surface area contributed by atoms with Crippen molar-refractivity contribution in [1.82, 2.24) is 0 Å². The number of ketones is 2. The molecule has 0 bridgehead atoms. The second kappa shape index (κ2) is 8.88. The zero-order valence-electron chi connectivity index (χ0n) is 17.5. The van der Waals surface area contributed by atoms with Crippen LogP contribution >= 0.6 is 11.8 Å². The quantitative estimate of drug-likeness (QED) is 0.338. The topological polar surface area (TPSA) is 63.2 Å². The SMILES string of the molecule is O=C1c2ccccc2C(=O)c2c(NC(=O)[C@@H](Sc3ccccc3)c3ccccc3)cccc21. The monoisotopic (exact) mass is 449 g/mol. The molecule has 1 aliphatic carbocycles. The van der Waals surface area contributed by atoms with Crippen molar-refractivity contribution in [2.45, 2.75) is 10.1 Å². The number of anilines is 1. The Morgan fingerprint density at radius 2 is 1.21 bits per heavy atom. The minimum Gasteiger partial charge on any atom is -0.324 e. The van der Waals surface area contributed by atoms with Gasteiger partial charge in [-0.2, -0.15) is 0 Å². The highest BCUT2D eigenvalue weighted by Gasteiger charge is 2.32. The molecule has 0 fully saturated rings. The lowest BCUT2D eigenvalue weighted by molar-refractivity contribution is -0.115. The lowest BCUT2D eigenvalue weighted by atomic mass is 9.83. The van der Waals surface area contributed by atoms with Crippen LogP contribution in [0.15, 0.2) is 108 Å². The fourth-order valence-corrected chi connectivity index (χ4v) is 5.03. The molecule has 1 N–H and O–H groups in total. The molecular weight excluding hydrogens is 430 g/mol. The van der Waals surface area contributed by atoms with E-state index in [4.69, 9.17) is 0 Å². The van der Waals surface area contributed by atoms with E-state index in [0.29, 0.717) is 22.4 Å². The largest absolute Gasteiger partial charge is 0.324 e. The van der Waals surface area contributed by atoms with Crippen LogP contribution in [0.4, 0.5) is 5.69 Å². The molecule has 0 saturated carbocycles. The van der Waals surface area contributed by atoms with Crippen LogP contribution in [0.25, 0.3) is 0 Å². The Labute approximate surface area is 195 Å². The van der Waals surface area contributed by atoms with Crippen molar-refractivity contribution in [3.63, 3.8) is 0 Å². The molecule has 4 nitrogen and oxygen atoms in total. The van der Waals surface area contributed by atoms with Gasteiger partial charge in [0.15, 0.2) is 11.6 Å². The molecule has 0 unspecified atom stereocenters. The molecule has 0 saturated heterocycles. The number of hydrogen-bond acceptors (Lipinski definition) is 4. The highest BCUT2D eigenvalue weighted by Crippen LogP contribution is 2.37. The molecule has 0 heterocycles. The number of carbonyl (C=O) groups is 3. The Morgan fingerprint density at radius 1 is 0.636 bits per heavy atom. The Morgan fingerprint density at radius 3 is 1.91 bits per heavy atom. The molecule has 33 heavy (non-hydrogen) atoms. The standard InChI is InChI=1S/C28H19NO3S/c30-25-20-14-7-8-15-21(20)26(31)24-22(25)16-9-17-23(24)29-28(32)27(18-10-3-1-4-11-18)33-19-12-5-2-6-13-19/h1-17,27H,(H,29,32)/t27-/m0/s1. The van der Waals surface area contributed by atoms with Crippen LogP contribution in [0.1, 0.15) is 42.7 Å². The van der Waals surface area contributed by atoms with Crippen LogP contribution in [0, 0.1) is 0 Å². The summed E-state index contributed by atoms with van der Waals surface area (Å²) in [4.78, 5) is 40.8. The predicted octanol–water partition coefficient (Wildman–Crippen LogP) is 5.93. The number of fused-ring (bicyclic) bond motifs is 2. The van der Waals surface area contributed by atoms with Crippen molar-refractivity contribution < 1.29 is 14.4 Å². The van der Waals surface area contributed by atoms with Crippen LogP contribution in [0.3, 0.4) is 0 Å². The zero-order valence-corrected chi connectivity index (χ0v) is 18.3. The first-order valence-electron chi connectivity index (χ1n) is 10.5. The summed E-state index contributed by atoms with van der Waals surface area (Å²) in [6.07, 6.45) is 0. The van der Waals surface area contributed by atoms with E-state index in [0.717, 1.165) is 10.5 Å². The van der Waals surface area contributed by atoms with E-state index < -0.39 is 5.25 Å². The molecule has 5 rings (SSSR count). The number of benzene rings is 4. The van der Waals surface area contributed by atoms with E-state index in [1.165, 1.54) is 11.8 Å². The molecular formula is C28H19NO3S. The summed E-state index contributed by atoms with van der Waals surface area (Å²) in [5.74, 6) is -0.736. The van der Waals surface area contributed by atoms with Gasteiger partial charge < -0.3 is 5.32 Å². The zero-order chi connectivity index (χ0) is 22.8. The van der Waals surface area contributed by atoms with Gasteiger partial charge in [-0.1, -0.05) is 84.9 Å². The summed E-state index contributed by atoms with van der Waals surface area (Å²) < 4.78 is 0. The highest BCUT2D eigenvalue weighted by molar-refractivity contribution is 8.00. The minimum absolute atomic E-state index is 0.213. The number of rotatable bonds is 5. The van der Waals surface area contributed by atoms with Crippen LogP contribution in [0.5, 0.6) is 0 Å². The molecule has 1 aliphatic rings. The van der Waals surface area contributed by atoms with E-state index in [1.54, 1.807) is 42.5 Å². The first-order valence-corrected chi connectivity index (χ1v) is 11.4. The molecule has 1 amide bonds. The first-order chi connectivity index (χ1) is 16.1. The maximum atomic E-state index is 13.5. The molecule has 0 aliphatic heterocycles. The van der Waals surface area contributed by atoms with E-state index in [9.17, 15) is 14.4 Å². The lowest BCUT2D eigenvalue weighted by Crippen LogP contribution is -2.25. The summed E-state index contributed by atoms with van der Waals surface area (Å²) in [5, 5.41) is 2.40.